The van der Waals surface area contributed by atoms with E-state index >= 15 is 0 Å². The van der Waals surface area contributed by atoms with Gasteiger partial charge in [-0.2, -0.15) is 4.98 Å². The number of rotatable bonds is 6. The first-order valence-corrected chi connectivity index (χ1v) is 6.12. The summed E-state index contributed by atoms with van der Waals surface area (Å²) < 4.78 is 0. The number of aliphatic carboxylic acids is 2. The molecular formula is C12H9ClN4O6. The number of carbonyl (C=O) groups excluding carboxylic acids is 2. The van der Waals surface area contributed by atoms with Crippen LogP contribution >= 0.6 is 11.6 Å². The van der Waals surface area contributed by atoms with Crippen molar-refractivity contribution in [1.29, 1.82) is 0 Å². The minimum atomic E-state index is -1.31. The fourth-order valence-corrected chi connectivity index (χ4v) is 1.33. The lowest BCUT2D eigenvalue weighted by molar-refractivity contribution is -0.132. The van der Waals surface area contributed by atoms with Gasteiger partial charge in [0.05, 0.1) is 0 Å². The van der Waals surface area contributed by atoms with Gasteiger partial charge in [-0.25, -0.2) is 14.6 Å². The van der Waals surface area contributed by atoms with E-state index in [2.05, 4.69) is 20.6 Å². The molecule has 0 saturated carbocycles. The Bertz CT molecular complexity index is 659. The Morgan fingerprint density at radius 2 is 1.43 bits per heavy atom. The van der Waals surface area contributed by atoms with E-state index < -0.39 is 23.8 Å². The number of carboxylic acids is 2. The number of carboxylic acid groups (broad SMARTS) is 2. The highest BCUT2D eigenvalue weighted by Gasteiger charge is 2.08. The SMILES string of the molecule is O=C(O)C=CC(=O)Nc1nc(Cl)cc(NC(=O)/C=C\C(=O)O)n1. The molecule has 11 heteroatoms. The van der Waals surface area contributed by atoms with E-state index in [4.69, 9.17) is 21.8 Å². The summed E-state index contributed by atoms with van der Waals surface area (Å²) in [7, 11) is 0. The van der Waals surface area contributed by atoms with Gasteiger partial charge in [-0.05, 0) is 0 Å². The van der Waals surface area contributed by atoms with Crippen LogP contribution in [0.15, 0.2) is 30.4 Å². The maximum Gasteiger partial charge on any atom is 0.328 e. The molecule has 1 heterocycles. The summed E-state index contributed by atoms with van der Waals surface area (Å²) in [5.74, 6) is -4.61. The molecule has 0 bridgehead atoms. The zero-order valence-corrected chi connectivity index (χ0v) is 11.9. The smallest absolute Gasteiger partial charge is 0.328 e. The number of nitrogens with one attached hydrogen (secondary N) is 2. The summed E-state index contributed by atoms with van der Waals surface area (Å²) in [6.07, 6.45) is 2.73. The minimum absolute atomic E-state index is 0.0949. The van der Waals surface area contributed by atoms with Crippen LogP contribution in [0.2, 0.25) is 5.15 Å². The van der Waals surface area contributed by atoms with Crippen molar-refractivity contribution >= 4 is 47.1 Å². The Morgan fingerprint density at radius 1 is 0.913 bits per heavy atom. The third-order valence-corrected chi connectivity index (χ3v) is 2.13. The quantitative estimate of drug-likeness (QED) is 0.424. The molecular weight excluding hydrogens is 332 g/mol. The number of hydrogen-bond acceptors (Lipinski definition) is 6. The molecule has 2 amide bonds. The second-order valence-electron chi connectivity index (χ2n) is 3.72. The number of carbonyl (C=O) groups is 4. The lowest BCUT2D eigenvalue weighted by atomic mass is 10.4. The van der Waals surface area contributed by atoms with Gasteiger partial charge in [-0.15, -0.1) is 0 Å². The van der Waals surface area contributed by atoms with Gasteiger partial charge >= 0.3 is 11.9 Å². The van der Waals surface area contributed by atoms with Crippen molar-refractivity contribution in [3.05, 3.63) is 35.5 Å². The predicted molar refractivity (Wildman–Crippen MR) is 77.9 cm³/mol. The fourth-order valence-electron chi connectivity index (χ4n) is 1.15. The number of halogens is 1. The molecule has 4 N–H and O–H groups in total. The van der Waals surface area contributed by atoms with Gasteiger partial charge in [0.1, 0.15) is 11.0 Å². The molecule has 0 aliphatic carbocycles. The first-order chi connectivity index (χ1) is 10.8. The topological polar surface area (TPSA) is 159 Å². The summed E-state index contributed by atoms with van der Waals surface area (Å²) in [6.45, 7) is 0. The van der Waals surface area contributed by atoms with Crippen LogP contribution in [0.5, 0.6) is 0 Å². The standard InChI is InChI=1S/C12H9ClN4O6/c13-6-5-7(15-8(18)1-3-10(20)21)16-12(14-6)17-9(19)2-4-11(22)23/h1-5H,(H,20,21)(H,22,23)(H2,14,15,16,17,18,19)/b3-1-,4-2?. The van der Waals surface area contributed by atoms with Crippen molar-refractivity contribution < 1.29 is 29.4 Å². The Labute approximate surface area is 133 Å². The number of nitrogens with zero attached hydrogens (tertiary/aromatic N) is 2. The van der Waals surface area contributed by atoms with Crippen LogP contribution in [0.4, 0.5) is 11.8 Å². The molecule has 0 radical (unpaired) electrons. The zero-order chi connectivity index (χ0) is 17.4. The molecule has 23 heavy (non-hydrogen) atoms. The van der Waals surface area contributed by atoms with E-state index in [1.165, 1.54) is 0 Å². The van der Waals surface area contributed by atoms with E-state index in [9.17, 15) is 19.2 Å². The highest BCUT2D eigenvalue weighted by Crippen LogP contribution is 2.14. The van der Waals surface area contributed by atoms with Crippen LogP contribution in [0, 0.1) is 0 Å². The van der Waals surface area contributed by atoms with Crippen molar-refractivity contribution in [2.24, 2.45) is 0 Å². The molecule has 1 aromatic heterocycles. The third kappa shape index (κ3) is 7.34. The summed E-state index contributed by atoms with van der Waals surface area (Å²) in [4.78, 5) is 50.8. The molecule has 1 rings (SSSR count). The van der Waals surface area contributed by atoms with Crippen molar-refractivity contribution in [3.8, 4) is 0 Å². The van der Waals surface area contributed by atoms with Gasteiger partial charge in [0.2, 0.25) is 11.9 Å². The maximum absolute atomic E-state index is 11.4. The fraction of sp³-hybridized carbons (Fsp3) is 0. The normalized spacial score (nSPS) is 10.7. The van der Waals surface area contributed by atoms with Crippen LogP contribution in [0.3, 0.4) is 0 Å². The second-order valence-corrected chi connectivity index (χ2v) is 4.11. The average molecular weight is 341 g/mol. The Balaban J connectivity index is 2.83. The number of anilines is 2. The van der Waals surface area contributed by atoms with Gasteiger partial charge < -0.3 is 15.5 Å². The number of amides is 2. The maximum atomic E-state index is 11.4. The van der Waals surface area contributed by atoms with Crippen molar-refractivity contribution in [3.63, 3.8) is 0 Å². The minimum Gasteiger partial charge on any atom is -0.478 e. The summed E-state index contributed by atoms with van der Waals surface area (Å²) in [5.41, 5.74) is 0. The predicted octanol–water partition coefficient (Wildman–Crippen LogP) is 0.289. The lowest BCUT2D eigenvalue weighted by Crippen LogP contribution is -2.14. The lowest BCUT2D eigenvalue weighted by Gasteiger charge is -2.05. The van der Waals surface area contributed by atoms with Crippen molar-refractivity contribution in [1.82, 2.24) is 9.97 Å². The second kappa shape index (κ2) is 8.24. The van der Waals surface area contributed by atoms with Gasteiger partial charge in [0, 0.05) is 30.4 Å². The van der Waals surface area contributed by atoms with Gasteiger partial charge in [-0.1, -0.05) is 11.6 Å². The van der Waals surface area contributed by atoms with Gasteiger partial charge in [0.25, 0.3) is 5.91 Å². The molecule has 120 valence electrons. The first-order valence-electron chi connectivity index (χ1n) is 5.75. The largest absolute Gasteiger partial charge is 0.478 e. The molecule has 0 atom stereocenters. The van der Waals surface area contributed by atoms with Crippen molar-refractivity contribution in [2.45, 2.75) is 0 Å². The van der Waals surface area contributed by atoms with Crippen molar-refractivity contribution in [2.75, 3.05) is 10.6 Å². The summed E-state index contributed by atoms with van der Waals surface area (Å²) >= 11 is 5.69. The molecule has 0 aliphatic heterocycles. The molecule has 1 aromatic rings. The highest BCUT2D eigenvalue weighted by molar-refractivity contribution is 6.29. The Morgan fingerprint density at radius 3 is 1.96 bits per heavy atom. The van der Waals surface area contributed by atoms with Crippen LogP contribution in [-0.4, -0.2) is 43.9 Å². The molecule has 0 unspecified atom stereocenters. The molecule has 0 aliphatic rings. The van der Waals surface area contributed by atoms with Gasteiger partial charge in [-0.3, -0.25) is 14.9 Å². The number of aromatic nitrogens is 2. The van der Waals surface area contributed by atoms with E-state index in [-0.39, 0.29) is 16.9 Å². The van der Waals surface area contributed by atoms with E-state index in [0.717, 1.165) is 18.2 Å². The van der Waals surface area contributed by atoms with Crippen LogP contribution in [0.25, 0.3) is 0 Å². The van der Waals surface area contributed by atoms with E-state index in [1.54, 1.807) is 0 Å². The molecule has 0 spiro atoms. The Kier molecular flexibility index (Phi) is 6.37. The van der Waals surface area contributed by atoms with E-state index in [0.29, 0.717) is 12.2 Å². The van der Waals surface area contributed by atoms with Crippen LogP contribution < -0.4 is 10.6 Å². The van der Waals surface area contributed by atoms with E-state index in [1.807, 2.05) is 0 Å². The molecule has 10 nitrogen and oxygen atoms in total. The third-order valence-electron chi connectivity index (χ3n) is 1.94. The van der Waals surface area contributed by atoms with Crippen LogP contribution in [-0.2, 0) is 19.2 Å². The summed E-state index contributed by atoms with van der Waals surface area (Å²) in [5, 5.41) is 21.0. The number of hydrogen-bond donors (Lipinski definition) is 4. The van der Waals surface area contributed by atoms with Crippen LogP contribution in [0.1, 0.15) is 0 Å². The highest BCUT2D eigenvalue weighted by atomic mass is 35.5. The monoisotopic (exact) mass is 340 g/mol. The molecule has 0 aromatic carbocycles. The zero-order valence-electron chi connectivity index (χ0n) is 11.2. The average Bonchev–Trinajstić information content (AvgIpc) is 2.42. The molecule has 0 fully saturated rings. The van der Waals surface area contributed by atoms with Gasteiger partial charge in [0.15, 0.2) is 0 Å². The first kappa shape index (κ1) is 17.8. The molecule has 0 saturated heterocycles. The Hall–Kier alpha value is -3.27. The summed E-state index contributed by atoms with van der Waals surface area (Å²) in [6, 6.07) is 1.16.